The second-order valence-corrected chi connectivity index (χ2v) is 5.28. The molecule has 5 nitrogen and oxygen atoms in total. The molecule has 0 bridgehead atoms. The molecule has 2 heterocycles. The minimum Gasteiger partial charge on any atom is -0.378 e. The summed E-state index contributed by atoms with van der Waals surface area (Å²) in [6.07, 6.45) is 3.86. The summed E-state index contributed by atoms with van der Waals surface area (Å²) in [4.78, 5) is 15.0. The van der Waals surface area contributed by atoms with Crippen LogP contribution in [0.1, 0.15) is 19.4 Å². The van der Waals surface area contributed by atoms with Crippen molar-refractivity contribution < 1.29 is 9.53 Å². The molecule has 0 aromatic carbocycles. The summed E-state index contributed by atoms with van der Waals surface area (Å²) in [6.45, 7) is 6.71. The molecule has 1 unspecified atom stereocenters. The maximum absolute atomic E-state index is 12.0. The number of hydrogen-bond donors (Lipinski definition) is 3. The zero-order valence-electron chi connectivity index (χ0n) is 11.0. The monoisotopic (exact) mass is 251 g/mol. The van der Waals surface area contributed by atoms with E-state index in [9.17, 15) is 4.79 Å². The topological polar surface area (TPSA) is 66.2 Å². The van der Waals surface area contributed by atoms with E-state index in [4.69, 9.17) is 4.74 Å². The molecule has 0 spiro atoms. The summed E-state index contributed by atoms with van der Waals surface area (Å²) in [5.41, 5.74) is 1.11. The lowest BCUT2D eigenvalue weighted by atomic mass is 9.86. The highest BCUT2D eigenvalue weighted by Gasteiger charge is 2.25. The summed E-state index contributed by atoms with van der Waals surface area (Å²) in [5.74, 6) is 0.0123. The Morgan fingerprint density at radius 2 is 2.44 bits per heavy atom. The third-order valence-electron chi connectivity index (χ3n) is 3.32. The van der Waals surface area contributed by atoms with Crippen LogP contribution in [0.5, 0.6) is 0 Å². The van der Waals surface area contributed by atoms with Crippen molar-refractivity contribution >= 4 is 5.91 Å². The van der Waals surface area contributed by atoms with Gasteiger partial charge in [0.2, 0.25) is 5.91 Å². The minimum absolute atomic E-state index is 0.0123. The van der Waals surface area contributed by atoms with Crippen molar-refractivity contribution in [2.45, 2.75) is 25.3 Å². The quantitative estimate of drug-likeness (QED) is 0.725. The second kappa shape index (κ2) is 5.54. The van der Waals surface area contributed by atoms with E-state index in [0.717, 1.165) is 6.54 Å². The molecule has 1 fully saturated rings. The second-order valence-electron chi connectivity index (χ2n) is 5.28. The summed E-state index contributed by atoms with van der Waals surface area (Å²) in [5, 5.41) is 6.13. The van der Waals surface area contributed by atoms with Crippen molar-refractivity contribution in [2.75, 3.05) is 26.3 Å². The van der Waals surface area contributed by atoms with Gasteiger partial charge in [-0.25, -0.2) is 0 Å². The number of H-pyrrole nitrogens is 1. The predicted molar refractivity (Wildman–Crippen MR) is 69.4 cm³/mol. The van der Waals surface area contributed by atoms with E-state index in [1.54, 1.807) is 0 Å². The molecule has 18 heavy (non-hydrogen) atoms. The number of carbonyl (C=O) groups excluding carboxylic acids is 1. The molecular weight excluding hydrogens is 230 g/mol. The van der Waals surface area contributed by atoms with Crippen LogP contribution >= 0.6 is 0 Å². The largest absolute Gasteiger partial charge is 0.378 e. The van der Waals surface area contributed by atoms with E-state index in [1.165, 1.54) is 5.56 Å². The van der Waals surface area contributed by atoms with Crippen LogP contribution in [-0.2, 0) is 14.9 Å². The first-order valence-corrected chi connectivity index (χ1v) is 6.32. The molecule has 0 radical (unpaired) electrons. The number of morpholine rings is 1. The molecule has 1 atom stereocenters. The minimum atomic E-state index is -0.222. The SMILES string of the molecule is CC(C)(CNC(=O)C1COCCN1)c1cc[nH]c1. The van der Waals surface area contributed by atoms with E-state index in [1.807, 2.05) is 18.5 Å². The fourth-order valence-electron chi connectivity index (χ4n) is 2.01. The van der Waals surface area contributed by atoms with Crippen LogP contribution in [-0.4, -0.2) is 43.2 Å². The van der Waals surface area contributed by atoms with E-state index in [0.29, 0.717) is 19.8 Å². The Labute approximate surface area is 107 Å². The molecule has 1 aromatic heterocycles. The lowest BCUT2D eigenvalue weighted by molar-refractivity contribution is -0.126. The van der Waals surface area contributed by atoms with Crippen LogP contribution in [0.4, 0.5) is 0 Å². The molecule has 100 valence electrons. The van der Waals surface area contributed by atoms with Crippen molar-refractivity contribution in [3.05, 3.63) is 24.0 Å². The Morgan fingerprint density at radius 3 is 3.06 bits per heavy atom. The highest BCUT2D eigenvalue weighted by atomic mass is 16.5. The van der Waals surface area contributed by atoms with Gasteiger partial charge in [-0.05, 0) is 11.6 Å². The van der Waals surface area contributed by atoms with Gasteiger partial charge in [-0.2, -0.15) is 0 Å². The number of amides is 1. The number of aromatic amines is 1. The van der Waals surface area contributed by atoms with E-state index in [2.05, 4.69) is 29.5 Å². The number of ether oxygens (including phenoxy) is 1. The van der Waals surface area contributed by atoms with Gasteiger partial charge in [-0.3, -0.25) is 4.79 Å². The van der Waals surface area contributed by atoms with Gasteiger partial charge in [0.15, 0.2) is 0 Å². The first-order valence-electron chi connectivity index (χ1n) is 6.32. The highest BCUT2D eigenvalue weighted by molar-refractivity contribution is 5.82. The maximum atomic E-state index is 12.0. The Hall–Kier alpha value is -1.33. The summed E-state index contributed by atoms with van der Waals surface area (Å²) < 4.78 is 5.28. The van der Waals surface area contributed by atoms with Crippen molar-refractivity contribution in [2.24, 2.45) is 0 Å². The molecule has 1 aromatic rings. The molecule has 1 saturated heterocycles. The van der Waals surface area contributed by atoms with Crippen molar-refractivity contribution in [1.29, 1.82) is 0 Å². The third-order valence-corrected chi connectivity index (χ3v) is 3.32. The van der Waals surface area contributed by atoms with Gasteiger partial charge in [-0.1, -0.05) is 13.8 Å². The Morgan fingerprint density at radius 1 is 1.61 bits per heavy atom. The molecule has 1 amide bonds. The number of hydrogen-bond acceptors (Lipinski definition) is 3. The first-order chi connectivity index (χ1) is 8.59. The van der Waals surface area contributed by atoms with Crippen LogP contribution in [0.2, 0.25) is 0 Å². The van der Waals surface area contributed by atoms with Gasteiger partial charge in [-0.15, -0.1) is 0 Å². The van der Waals surface area contributed by atoms with Gasteiger partial charge in [0, 0.05) is 30.9 Å². The van der Waals surface area contributed by atoms with Gasteiger partial charge < -0.3 is 20.4 Å². The average Bonchev–Trinajstić information content (AvgIpc) is 2.92. The average molecular weight is 251 g/mol. The van der Waals surface area contributed by atoms with Gasteiger partial charge in [0.05, 0.1) is 13.2 Å². The van der Waals surface area contributed by atoms with Crippen molar-refractivity contribution in [3.8, 4) is 0 Å². The predicted octanol–water partition coefficient (Wildman–Crippen LogP) is 0.397. The zero-order chi connectivity index (χ0) is 13.0. The molecule has 2 rings (SSSR count). The molecule has 5 heteroatoms. The highest BCUT2D eigenvalue weighted by Crippen LogP contribution is 2.21. The van der Waals surface area contributed by atoms with Gasteiger partial charge in [0.1, 0.15) is 6.04 Å². The smallest absolute Gasteiger partial charge is 0.239 e. The molecular formula is C13H21N3O2. The number of nitrogens with one attached hydrogen (secondary N) is 3. The van der Waals surface area contributed by atoms with E-state index in [-0.39, 0.29) is 17.4 Å². The van der Waals surface area contributed by atoms with E-state index < -0.39 is 0 Å². The number of carbonyl (C=O) groups is 1. The number of aromatic nitrogens is 1. The summed E-state index contributed by atoms with van der Waals surface area (Å²) >= 11 is 0. The van der Waals surface area contributed by atoms with Crippen molar-refractivity contribution in [3.63, 3.8) is 0 Å². The molecule has 3 N–H and O–H groups in total. The molecule has 0 saturated carbocycles. The standard InChI is InChI=1S/C13H21N3O2/c1-13(2,10-3-4-14-7-10)9-16-12(17)11-8-18-6-5-15-11/h3-4,7,11,14-15H,5-6,8-9H2,1-2H3,(H,16,17). The Balaban J connectivity index is 1.85. The molecule has 1 aliphatic rings. The first kappa shape index (κ1) is 13.1. The Kier molecular flexibility index (Phi) is 4.04. The number of rotatable bonds is 4. The van der Waals surface area contributed by atoms with E-state index >= 15 is 0 Å². The lowest BCUT2D eigenvalue weighted by Crippen LogP contribution is -2.52. The molecule has 1 aliphatic heterocycles. The lowest BCUT2D eigenvalue weighted by Gasteiger charge is -2.27. The van der Waals surface area contributed by atoms with Crippen molar-refractivity contribution in [1.82, 2.24) is 15.6 Å². The Bertz CT molecular complexity index is 381. The summed E-state index contributed by atoms with van der Waals surface area (Å²) in [7, 11) is 0. The van der Waals surface area contributed by atoms with Crippen LogP contribution in [0.15, 0.2) is 18.5 Å². The van der Waals surface area contributed by atoms with Gasteiger partial charge in [0.25, 0.3) is 0 Å². The molecule has 0 aliphatic carbocycles. The van der Waals surface area contributed by atoms with Gasteiger partial charge >= 0.3 is 0 Å². The van der Waals surface area contributed by atoms with Crippen LogP contribution in [0.3, 0.4) is 0 Å². The summed E-state index contributed by atoms with van der Waals surface area (Å²) in [6, 6.07) is 1.81. The van der Waals surface area contributed by atoms with Crippen LogP contribution < -0.4 is 10.6 Å². The zero-order valence-corrected chi connectivity index (χ0v) is 11.0. The van der Waals surface area contributed by atoms with Crippen LogP contribution in [0, 0.1) is 0 Å². The third kappa shape index (κ3) is 3.11. The fourth-order valence-corrected chi connectivity index (χ4v) is 2.01. The fraction of sp³-hybridized carbons (Fsp3) is 0.615. The van der Waals surface area contributed by atoms with Crippen LogP contribution in [0.25, 0.3) is 0 Å². The normalized spacial score (nSPS) is 20.7. The maximum Gasteiger partial charge on any atom is 0.239 e.